The smallest absolute Gasteiger partial charge is 0.171 e. The second kappa shape index (κ2) is 7.16. The maximum atomic E-state index is 10.8. The van der Waals surface area contributed by atoms with Crippen molar-refractivity contribution >= 4 is 0 Å². The van der Waals surface area contributed by atoms with Gasteiger partial charge in [0.1, 0.15) is 6.10 Å². The highest BCUT2D eigenvalue weighted by atomic mass is 16.7. The zero-order chi connectivity index (χ0) is 22.6. The number of hydrogen-bond donors (Lipinski definition) is 3. The molecule has 0 aromatic rings. The molecule has 0 amide bonds. The molecule has 4 saturated carbocycles. The molecule has 4 aliphatic carbocycles. The van der Waals surface area contributed by atoms with Crippen molar-refractivity contribution in [3.8, 4) is 0 Å². The summed E-state index contributed by atoms with van der Waals surface area (Å²) in [7, 11) is 0. The molecule has 182 valence electrons. The minimum atomic E-state index is -0.993. The van der Waals surface area contributed by atoms with Gasteiger partial charge in [0.2, 0.25) is 0 Å². The van der Waals surface area contributed by atoms with Crippen LogP contribution in [0, 0.1) is 52.3 Å². The van der Waals surface area contributed by atoms with E-state index in [9.17, 15) is 15.3 Å². The summed E-state index contributed by atoms with van der Waals surface area (Å²) in [5, 5.41) is 31.7. The lowest BCUT2D eigenvalue weighted by molar-refractivity contribution is -0.273. The number of rotatable bonds is 0. The van der Waals surface area contributed by atoms with E-state index in [1.54, 1.807) is 0 Å². The van der Waals surface area contributed by atoms with Gasteiger partial charge in [0.25, 0.3) is 0 Å². The van der Waals surface area contributed by atoms with Gasteiger partial charge in [-0.25, -0.2) is 0 Å². The highest BCUT2D eigenvalue weighted by Crippen LogP contribution is 2.71. The molecule has 5 nitrogen and oxygen atoms in total. The zero-order valence-corrected chi connectivity index (χ0v) is 20.4. The number of fused-ring (bicyclic) bond motifs is 7. The lowest BCUT2D eigenvalue weighted by Gasteiger charge is -2.62. The van der Waals surface area contributed by atoms with Gasteiger partial charge in [-0.3, -0.25) is 0 Å². The zero-order valence-electron chi connectivity index (χ0n) is 20.4. The first kappa shape index (κ1) is 22.3. The Kier molecular flexibility index (Phi) is 4.99. The molecule has 14 atom stereocenters. The fourth-order valence-corrected chi connectivity index (χ4v) is 10.4. The third-order valence-corrected chi connectivity index (χ3v) is 12.0. The molecule has 6 aliphatic rings. The third kappa shape index (κ3) is 2.75. The van der Waals surface area contributed by atoms with Crippen LogP contribution in [-0.2, 0) is 9.47 Å². The molecule has 3 N–H and O–H groups in total. The molecule has 1 spiro atoms. The van der Waals surface area contributed by atoms with E-state index in [0.29, 0.717) is 48.0 Å². The van der Waals surface area contributed by atoms with Crippen molar-refractivity contribution in [2.45, 2.75) is 109 Å². The minimum absolute atomic E-state index is 0.0870. The predicted molar refractivity (Wildman–Crippen MR) is 121 cm³/mol. The quantitative estimate of drug-likeness (QED) is 0.526. The normalized spacial score (nSPS) is 64.0. The summed E-state index contributed by atoms with van der Waals surface area (Å²) in [5.74, 6) is 3.18. The van der Waals surface area contributed by atoms with Gasteiger partial charge in [-0.15, -0.1) is 0 Å². The lowest BCUT2D eigenvalue weighted by Crippen LogP contribution is -2.62. The van der Waals surface area contributed by atoms with Crippen LogP contribution in [0.15, 0.2) is 0 Å². The molecule has 2 aliphatic heterocycles. The Bertz CT molecular complexity index is 748. The molecule has 0 unspecified atom stereocenters. The standard InChI is InChI=1S/C27H44O5/c1-14-7-10-27(31-13-14)15(2)22-21(32-27)11-19-16-5-6-18-23(29)24(30)20(28)12-26(18,4)17(16)8-9-25(19,22)3/h14-24,28-30H,5-13H2,1-4H3/t14-,15+,16-,17-,18-,19+,20+,21+,22+,23-,24+,25+,26-,27-/m1/s1. The van der Waals surface area contributed by atoms with Gasteiger partial charge in [0.15, 0.2) is 5.79 Å². The summed E-state index contributed by atoms with van der Waals surface area (Å²) in [5.41, 5.74) is 0.201. The monoisotopic (exact) mass is 448 g/mol. The van der Waals surface area contributed by atoms with Crippen LogP contribution >= 0.6 is 0 Å². The maximum Gasteiger partial charge on any atom is 0.171 e. The van der Waals surface area contributed by atoms with Crippen LogP contribution in [0.25, 0.3) is 0 Å². The molecule has 6 fully saturated rings. The Morgan fingerprint density at radius 3 is 2.31 bits per heavy atom. The Morgan fingerprint density at radius 2 is 1.59 bits per heavy atom. The van der Waals surface area contributed by atoms with Crippen LogP contribution in [0.1, 0.15) is 79.1 Å². The van der Waals surface area contributed by atoms with Gasteiger partial charge in [-0.1, -0.05) is 27.7 Å². The Labute approximate surface area is 193 Å². The molecular weight excluding hydrogens is 404 g/mol. The summed E-state index contributed by atoms with van der Waals surface area (Å²) in [4.78, 5) is 0. The third-order valence-electron chi connectivity index (χ3n) is 12.0. The number of hydrogen-bond acceptors (Lipinski definition) is 5. The van der Waals surface area contributed by atoms with Gasteiger partial charge < -0.3 is 24.8 Å². The van der Waals surface area contributed by atoms with Crippen molar-refractivity contribution in [2.24, 2.45) is 52.3 Å². The second-order valence-corrected chi connectivity index (χ2v) is 13.3. The largest absolute Gasteiger partial charge is 0.390 e. The summed E-state index contributed by atoms with van der Waals surface area (Å²) in [6.07, 6.45) is 6.18. The van der Waals surface area contributed by atoms with Crippen molar-refractivity contribution in [1.82, 2.24) is 0 Å². The second-order valence-electron chi connectivity index (χ2n) is 13.3. The SMILES string of the molecule is C[C@@H]1CC[C@@]2(OC1)O[C@H]1C[C@H]3[C@@H]4CC[C@@H]5[C@@H](O)[C@@H](O)[C@@H](O)C[C@]5(C)[C@@H]4CC[C@]3(C)[C@H]1[C@@H]2C. The summed E-state index contributed by atoms with van der Waals surface area (Å²) >= 11 is 0. The van der Waals surface area contributed by atoms with Crippen molar-refractivity contribution < 1.29 is 24.8 Å². The minimum Gasteiger partial charge on any atom is -0.390 e. The molecule has 0 aromatic carbocycles. The van der Waals surface area contributed by atoms with E-state index in [1.165, 1.54) is 19.3 Å². The topological polar surface area (TPSA) is 79.2 Å². The van der Waals surface area contributed by atoms with Gasteiger partial charge in [0, 0.05) is 12.3 Å². The van der Waals surface area contributed by atoms with Gasteiger partial charge >= 0.3 is 0 Å². The van der Waals surface area contributed by atoms with E-state index in [2.05, 4.69) is 27.7 Å². The van der Waals surface area contributed by atoms with Crippen molar-refractivity contribution in [3.63, 3.8) is 0 Å². The van der Waals surface area contributed by atoms with Crippen molar-refractivity contribution in [1.29, 1.82) is 0 Å². The fraction of sp³-hybridized carbons (Fsp3) is 1.00. The average Bonchev–Trinajstić information content (AvgIpc) is 3.19. The molecule has 2 heterocycles. The highest BCUT2D eigenvalue weighted by Gasteiger charge is 2.69. The van der Waals surface area contributed by atoms with Crippen LogP contribution in [0.5, 0.6) is 0 Å². The first-order valence-electron chi connectivity index (χ1n) is 13.5. The highest BCUT2D eigenvalue weighted by molar-refractivity contribution is 5.16. The molecule has 0 bridgehead atoms. The molecule has 32 heavy (non-hydrogen) atoms. The van der Waals surface area contributed by atoms with E-state index in [0.717, 1.165) is 32.3 Å². The van der Waals surface area contributed by atoms with Crippen LogP contribution < -0.4 is 0 Å². The van der Waals surface area contributed by atoms with E-state index in [1.807, 2.05) is 0 Å². The first-order chi connectivity index (χ1) is 15.1. The van der Waals surface area contributed by atoms with Crippen LogP contribution in [0.2, 0.25) is 0 Å². The van der Waals surface area contributed by atoms with E-state index in [4.69, 9.17) is 9.47 Å². The Hall–Kier alpha value is -0.200. The summed E-state index contributed by atoms with van der Waals surface area (Å²) in [6.45, 7) is 10.3. The summed E-state index contributed by atoms with van der Waals surface area (Å²) in [6, 6.07) is 0. The van der Waals surface area contributed by atoms with Gasteiger partial charge in [-0.05, 0) is 91.3 Å². The van der Waals surface area contributed by atoms with Crippen LogP contribution in [-0.4, -0.2) is 52.1 Å². The average molecular weight is 449 g/mol. The van der Waals surface area contributed by atoms with Gasteiger partial charge in [-0.2, -0.15) is 0 Å². The molecule has 0 radical (unpaired) electrons. The number of aliphatic hydroxyl groups is 3. The molecular formula is C27H44O5. The molecule has 5 heteroatoms. The van der Waals surface area contributed by atoms with E-state index in [-0.39, 0.29) is 22.5 Å². The molecule has 6 rings (SSSR count). The first-order valence-corrected chi connectivity index (χ1v) is 13.5. The number of aliphatic hydroxyl groups excluding tert-OH is 3. The number of ether oxygens (including phenoxy) is 2. The predicted octanol–water partition coefficient (Wildman–Crippen LogP) is 3.74. The van der Waals surface area contributed by atoms with Gasteiger partial charge in [0.05, 0.1) is 24.9 Å². The Morgan fingerprint density at radius 1 is 0.812 bits per heavy atom. The van der Waals surface area contributed by atoms with Crippen LogP contribution in [0.4, 0.5) is 0 Å². The van der Waals surface area contributed by atoms with Crippen molar-refractivity contribution in [3.05, 3.63) is 0 Å². The van der Waals surface area contributed by atoms with E-state index < -0.39 is 18.3 Å². The summed E-state index contributed by atoms with van der Waals surface area (Å²) < 4.78 is 13.3. The van der Waals surface area contributed by atoms with Crippen molar-refractivity contribution in [2.75, 3.05) is 6.61 Å². The maximum absolute atomic E-state index is 10.8. The van der Waals surface area contributed by atoms with E-state index >= 15 is 0 Å². The Balaban J connectivity index is 1.27. The molecule has 0 aromatic heterocycles. The lowest BCUT2D eigenvalue weighted by atomic mass is 9.43. The fourth-order valence-electron chi connectivity index (χ4n) is 10.4. The van der Waals surface area contributed by atoms with Crippen LogP contribution in [0.3, 0.4) is 0 Å². The molecule has 2 saturated heterocycles.